The summed E-state index contributed by atoms with van der Waals surface area (Å²) in [6, 6.07) is 8.40. The molecule has 136 valence electrons. The lowest BCUT2D eigenvalue weighted by Gasteiger charge is -2.41. The molecule has 1 amide bonds. The topological polar surface area (TPSA) is 30.0 Å². The lowest BCUT2D eigenvalue weighted by atomic mass is 10.1. The minimum Gasteiger partial charge on any atom is -0.368 e. The molecule has 3 aliphatic rings. The first kappa shape index (κ1) is 16.9. The average molecular weight is 342 g/mol. The number of hydrogen-bond acceptors (Lipinski definition) is 4. The molecule has 2 heterocycles. The van der Waals surface area contributed by atoms with Crippen molar-refractivity contribution >= 4 is 17.3 Å². The van der Waals surface area contributed by atoms with E-state index in [1.807, 2.05) is 4.90 Å². The van der Waals surface area contributed by atoms with E-state index in [-0.39, 0.29) is 11.9 Å². The molecule has 1 saturated heterocycles. The highest BCUT2D eigenvalue weighted by Gasteiger charge is 2.34. The molecule has 2 fully saturated rings. The SMILES string of the molecule is CC(C(=O)N1CCN(CC2CC2)c2ccccc21)N1CCN(C)CC1. The number of rotatable bonds is 4. The van der Waals surface area contributed by atoms with Gasteiger partial charge in [0, 0.05) is 45.8 Å². The number of carbonyl (C=O) groups excluding carboxylic acids is 1. The van der Waals surface area contributed by atoms with Gasteiger partial charge < -0.3 is 14.7 Å². The quantitative estimate of drug-likeness (QED) is 0.836. The number of hydrogen-bond donors (Lipinski definition) is 0. The average Bonchev–Trinajstić information content (AvgIpc) is 3.45. The van der Waals surface area contributed by atoms with E-state index in [1.165, 1.54) is 18.5 Å². The van der Waals surface area contributed by atoms with Crippen LogP contribution in [0.25, 0.3) is 0 Å². The standard InChI is InChI=1S/C20H30N4O/c1-16(22-11-9-21(2)10-12-22)20(25)24-14-13-23(15-17-7-8-17)18-5-3-4-6-19(18)24/h3-6,16-17H,7-15H2,1-2H3. The van der Waals surface area contributed by atoms with Crippen LogP contribution in [0.2, 0.25) is 0 Å². The first-order valence-corrected chi connectivity index (χ1v) is 9.71. The Morgan fingerprint density at radius 3 is 2.40 bits per heavy atom. The smallest absolute Gasteiger partial charge is 0.244 e. The molecule has 0 bridgehead atoms. The molecule has 1 aliphatic carbocycles. The van der Waals surface area contributed by atoms with E-state index in [0.717, 1.165) is 57.4 Å². The maximum atomic E-state index is 13.2. The van der Waals surface area contributed by atoms with Crippen LogP contribution in [0, 0.1) is 5.92 Å². The van der Waals surface area contributed by atoms with Crippen molar-refractivity contribution in [2.75, 3.05) is 62.7 Å². The van der Waals surface area contributed by atoms with Crippen molar-refractivity contribution in [2.45, 2.75) is 25.8 Å². The van der Waals surface area contributed by atoms with Gasteiger partial charge in [-0.05, 0) is 44.9 Å². The lowest BCUT2D eigenvalue weighted by molar-refractivity contribution is -0.123. The van der Waals surface area contributed by atoms with Crippen LogP contribution in [0.1, 0.15) is 19.8 Å². The van der Waals surface area contributed by atoms with Gasteiger partial charge in [0.05, 0.1) is 17.4 Å². The highest BCUT2D eigenvalue weighted by atomic mass is 16.2. The Morgan fingerprint density at radius 2 is 1.72 bits per heavy atom. The highest BCUT2D eigenvalue weighted by Crippen LogP contribution is 2.37. The van der Waals surface area contributed by atoms with Gasteiger partial charge in [0.15, 0.2) is 0 Å². The molecule has 1 saturated carbocycles. The van der Waals surface area contributed by atoms with Crippen LogP contribution >= 0.6 is 0 Å². The number of benzene rings is 1. The molecule has 0 radical (unpaired) electrons. The van der Waals surface area contributed by atoms with Crippen molar-refractivity contribution in [1.82, 2.24) is 9.80 Å². The summed E-state index contributed by atoms with van der Waals surface area (Å²) in [5, 5.41) is 0. The molecule has 5 heteroatoms. The Bertz CT molecular complexity index is 622. The van der Waals surface area contributed by atoms with E-state index in [9.17, 15) is 4.79 Å². The monoisotopic (exact) mass is 342 g/mol. The van der Waals surface area contributed by atoms with Gasteiger partial charge in [-0.15, -0.1) is 0 Å². The zero-order valence-corrected chi connectivity index (χ0v) is 15.5. The van der Waals surface area contributed by atoms with Gasteiger partial charge in [-0.1, -0.05) is 12.1 Å². The predicted molar refractivity (Wildman–Crippen MR) is 102 cm³/mol. The van der Waals surface area contributed by atoms with Gasteiger partial charge in [0.1, 0.15) is 0 Å². The molecule has 1 unspecified atom stereocenters. The van der Waals surface area contributed by atoms with Crippen LogP contribution in [0.3, 0.4) is 0 Å². The van der Waals surface area contributed by atoms with E-state index in [0.29, 0.717) is 0 Å². The molecule has 0 spiro atoms. The van der Waals surface area contributed by atoms with Crippen molar-refractivity contribution in [1.29, 1.82) is 0 Å². The molecule has 1 aromatic rings. The number of anilines is 2. The molecular formula is C20H30N4O. The fourth-order valence-corrected chi connectivity index (χ4v) is 4.04. The number of para-hydroxylation sites is 2. The number of carbonyl (C=O) groups is 1. The van der Waals surface area contributed by atoms with E-state index in [2.05, 4.69) is 52.9 Å². The number of nitrogens with zero attached hydrogens (tertiary/aromatic N) is 4. The third-order valence-corrected chi connectivity index (χ3v) is 5.99. The van der Waals surface area contributed by atoms with E-state index < -0.39 is 0 Å². The van der Waals surface area contributed by atoms with Gasteiger partial charge in [-0.25, -0.2) is 0 Å². The molecule has 2 aliphatic heterocycles. The van der Waals surface area contributed by atoms with Gasteiger partial charge in [0.25, 0.3) is 0 Å². The van der Waals surface area contributed by atoms with Crippen LogP contribution in [0.5, 0.6) is 0 Å². The molecule has 25 heavy (non-hydrogen) atoms. The molecule has 0 aromatic heterocycles. The van der Waals surface area contributed by atoms with Crippen LogP contribution in [0.4, 0.5) is 11.4 Å². The van der Waals surface area contributed by atoms with Crippen molar-refractivity contribution < 1.29 is 4.79 Å². The number of fused-ring (bicyclic) bond motifs is 1. The first-order valence-electron chi connectivity index (χ1n) is 9.71. The molecule has 1 aromatic carbocycles. The summed E-state index contributed by atoms with van der Waals surface area (Å²) < 4.78 is 0. The van der Waals surface area contributed by atoms with E-state index >= 15 is 0 Å². The van der Waals surface area contributed by atoms with Crippen molar-refractivity contribution in [2.24, 2.45) is 5.92 Å². The van der Waals surface area contributed by atoms with Gasteiger partial charge in [0.2, 0.25) is 5.91 Å². The third kappa shape index (κ3) is 3.53. The Hall–Kier alpha value is -1.59. The Balaban J connectivity index is 1.50. The Morgan fingerprint density at radius 1 is 1.04 bits per heavy atom. The van der Waals surface area contributed by atoms with Crippen LogP contribution in [0.15, 0.2) is 24.3 Å². The van der Waals surface area contributed by atoms with Gasteiger partial charge in [-0.3, -0.25) is 9.69 Å². The maximum absolute atomic E-state index is 13.2. The molecule has 5 nitrogen and oxygen atoms in total. The van der Waals surface area contributed by atoms with Crippen molar-refractivity contribution in [3.63, 3.8) is 0 Å². The summed E-state index contributed by atoms with van der Waals surface area (Å²) in [5.74, 6) is 1.11. The van der Waals surface area contributed by atoms with Crippen LogP contribution < -0.4 is 9.80 Å². The van der Waals surface area contributed by atoms with Crippen LogP contribution in [-0.2, 0) is 4.79 Å². The fourth-order valence-electron chi connectivity index (χ4n) is 4.04. The molecular weight excluding hydrogens is 312 g/mol. The Labute approximate surface area is 151 Å². The second-order valence-corrected chi connectivity index (χ2v) is 7.88. The number of likely N-dealkylation sites (N-methyl/N-ethyl adjacent to an activating group) is 1. The fraction of sp³-hybridized carbons (Fsp3) is 0.650. The molecule has 4 rings (SSSR count). The predicted octanol–water partition coefficient (Wildman–Crippen LogP) is 1.89. The summed E-state index contributed by atoms with van der Waals surface area (Å²) in [7, 11) is 2.15. The lowest BCUT2D eigenvalue weighted by Crippen LogP contribution is -2.55. The summed E-state index contributed by atoms with van der Waals surface area (Å²) in [5.41, 5.74) is 2.33. The normalized spacial score (nSPS) is 23.4. The third-order valence-electron chi connectivity index (χ3n) is 5.99. The summed E-state index contributed by atoms with van der Waals surface area (Å²) in [4.78, 5) is 22.4. The van der Waals surface area contributed by atoms with Gasteiger partial charge >= 0.3 is 0 Å². The van der Waals surface area contributed by atoms with Crippen LogP contribution in [-0.4, -0.2) is 74.6 Å². The Kier molecular flexibility index (Phi) is 4.69. The second kappa shape index (κ2) is 6.96. The highest BCUT2D eigenvalue weighted by molar-refractivity contribution is 6.00. The van der Waals surface area contributed by atoms with E-state index in [4.69, 9.17) is 0 Å². The minimum atomic E-state index is -0.0447. The maximum Gasteiger partial charge on any atom is 0.244 e. The summed E-state index contributed by atoms with van der Waals surface area (Å²) in [6.45, 7) is 9.03. The number of amides is 1. The molecule has 0 N–H and O–H groups in total. The summed E-state index contributed by atoms with van der Waals surface area (Å²) in [6.07, 6.45) is 2.73. The first-order chi connectivity index (χ1) is 12.1. The van der Waals surface area contributed by atoms with E-state index in [1.54, 1.807) is 0 Å². The zero-order chi connectivity index (χ0) is 17.4. The van der Waals surface area contributed by atoms with Gasteiger partial charge in [-0.2, -0.15) is 0 Å². The number of piperazine rings is 1. The van der Waals surface area contributed by atoms with Crippen molar-refractivity contribution in [3.8, 4) is 0 Å². The molecule has 1 atom stereocenters. The second-order valence-electron chi connectivity index (χ2n) is 7.88. The summed E-state index contributed by atoms with van der Waals surface area (Å²) >= 11 is 0. The minimum absolute atomic E-state index is 0.0447. The zero-order valence-electron chi connectivity index (χ0n) is 15.5. The van der Waals surface area contributed by atoms with Crippen molar-refractivity contribution in [3.05, 3.63) is 24.3 Å². The largest absolute Gasteiger partial charge is 0.368 e.